The average Bonchev–Trinajstić information content (AvgIpc) is 3.25. The smallest absolute Gasteiger partial charge is 0.463 e. The molecule has 0 aliphatic carbocycles. The number of halogens is 3. The fourth-order valence-electron chi connectivity index (χ4n) is 3.79. The Bertz CT molecular complexity index is 1480. The maximum atomic E-state index is 13.1. The molecule has 0 spiro atoms. The molecule has 0 unspecified atom stereocenters. The van der Waals surface area contributed by atoms with Gasteiger partial charge >= 0.3 is 18.3 Å². The summed E-state index contributed by atoms with van der Waals surface area (Å²) in [6, 6.07) is 15.7. The standard InChI is InChI=1S/C28H21F3O6/c1-3-24(32)34-15-5-6-17-7-9-18(10-8-17)19-11-12-20-21-13-14-22(35-25(33)4-2)27(37-28(29,30)31)26(21)36-23(20)16-19/h3-4,7-14,16H,1-2,5-6,15H2. The van der Waals surface area contributed by atoms with Crippen LogP contribution in [0.2, 0.25) is 0 Å². The summed E-state index contributed by atoms with van der Waals surface area (Å²) < 4.78 is 59.3. The highest BCUT2D eigenvalue weighted by atomic mass is 19.4. The number of fused-ring (bicyclic) bond motifs is 3. The summed E-state index contributed by atoms with van der Waals surface area (Å²) in [5, 5.41) is 0.935. The lowest BCUT2D eigenvalue weighted by Crippen LogP contribution is -2.18. The number of benzene rings is 3. The van der Waals surface area contributed by atoms with Crippen LogP contribution in [0.25, 0.3) is 33.1 Å². The van der Waals surface area contributed by atoms with Crippen molar-refractivity contribution in [2.45, 2.75) is 19.2 Å². The second kappa shape index (κ2) is 10.6. The first-order chi connectivity index (χ1) is 17.7. The number of carbonyl (C=O) groups is 2. The zero-order chi connectivity index (χ0) is 26.6. The normalized spacial score (nSPS) is 11.3. The fourth-order valence-corrected chi connectivity index (χ4v) is 3.79. The molecule has 37 heavy (non-hydrogen) atoms. The van der Waals surface area contributed by atoms with E-state index >= 15 is 0 Å². The molecule has 3 aromatic carbocycles. The van der Waals surface area contributed by atoms with Crippen molar-refractivity contribution in [3.05, 3.63) is 85.5 Å². The zero-order valence-corrected chi connectivity index (χ0v) is 19.5. The Hall–Kier alpha value is -4.53. The van der Waals surface area contributed by atoms with Crippen molar-refractivity contribution in [3.63, 3.8) is 0 Å². The Kier molecular flexibility index (Phi) is 7.33. The third-order valence-corrected chi connectivity index (χ3v) is 5.46. The number of furan rings is 1. The lowest BCUT2D eigenvalue weighted by molar-refractivity contribution is -0.274. The van der Waals surface area contributed by atoms with Crippen LogP contribution in [0.15, 0.2) is 84.3 Å². The predicted molar refractivity (Wildman–Crippen MR) is 131 cm³/mol. The van der Waals surface area contributed by atoms with Crippen molar-refractivity contribution < 1.29 is 41.4 Å². The molecule has 0 atom stereocenters. The molecule has 190 valence electrons. The van der Waals surface area contributed by atoms with Crippen LogP contribution in [0, 0.1) is 0 Å². The van der Waals surface area contributed by atoms with E-state index in [-0.39, 0.29) is 5.58 Å². The topological polar surface area (TPSA) is 75.0 Å². The van der Waals surface area contributed by atoms with E-state index in [1.165, 1.54) is 12.1 Å². The molecule has 1 heterocycles. The lowest BCUT2D eigenvalue weighted by atomic mass is 10.0. The molecule has 0 amide bonds. The first-order valence-electron chi connectivity index (χ1n) is 11.2. The molecule has 0 bridgehead atoms. The highest BCUT2D eigenvalue weighted by Gasteiger charge is 2.35. The average molecular weight is 510 g/mol. The van der Waals surface area contributed by atoms with Gasteiger partial charge in [-0.2, -0.15) is 0 Å². The van der Waals surface area contributed by atoms with Gasteiger partial charge in [0.15, 0.2) is 11.3 Å². The SMILES string of the molecule is C=CC(=O)OCCCc1ccc(-c2ccc3c(c2)oc2c(OC(F)(F)F)c(OC(=O)C=C)ccc23)cc1. The summed E-state index contributed by atoms with van der Waals surface area (Å²) in [5.74, 6) is -2.58. The minimum absolute atomic E-state index is 0.202. The molecule has 0 saturated carbocycles. The molecule has 0 N–H and O–H groups in total. The Balaban J connectivity index is 1.63. The van der Waals surface area contributed by atoms with Gasteiger partial charge in [0.1, 0.15) is 5.58 Å². The molecule has 9 heteroatoms. The summed E-state index contributed by atoms with van der Waals surface area (Å²) >= 11 is 0. The molecule has 0 fully saturated rings. The highest BCUT2D eigenvalue weighted by Crippen LogP contribution is 2.43. The monoisotopic (exact) mass is 510 g/mol. The Morgan fingerprint density at radius 1 is 0.892 bits per heavy atom. The number of esters is 2. The third kappa shape index (κ3) is 6.00. The number of ether oxygens (including phenoxy) is 3. The van der Waals surface area contributed by atoms with Crippen molar-refractivity contribution in [2.75, 3.05) is 6.61 Å². The highest BCUT2D eigenvalue weighted by molar-refractivity contribution is 6.08. The van der Waals surface area contributed by atoms with E-state index in [1.54, 1.807) is 12.1 Å². The van der Waals surface area contributed by atoms with Crippen LogP contribution in [0.5, 0.6) is 11.5 Å². The van der Waals surface area contributed by atoms with Gasteiger partial charge in [-0.05, 0) is 53.8 Å². The van der Waals surface area contributed by atoms with Crippen LogP contribution in [0.3, 0.4) is 0 Å². The van der Waals surface area contributed by atoms with E-state index in [1.807, 2.05) is 30.3 Å². The van der Waals surface area contributed by atoms with E-state index < -0.39 is 29.8 Å². The molecular formula is C28H21F3O6. The molecule has 0 saturated heterocycles. The van der Waals surface area contributed by atoms with Crippen LogP contribution in [0.4, 0.5) is 13.2 Å². The predicted octanol–water partition coefficient (Wildman–Crippen LogP) is 6.90. The Morgan fingerprint density at radius 3 is 2.24 bits per heavy atom. The quantitative estimate of drug-likeness (QED) is 0.105. The van der Waals surface area contributed by atoms with Gasteiger partial charge in [0.2, 0.25) is 5.75 Å². The number of hydrogen-bond acceptors (Lipinski definition) is 6. The summed E-state index contributed by atoms with van der Waals surface area (Å²) in [5.41, 5.74) is 2.84. The first-order valence-corrected chi connectivity index (χ1v) is 11.2. The van der Waals surface area contributed by atoms with Crippen molar-refractivity contribution in [1.82, 2.24) is 0 Å². The maximum absolute atomic E-state index is 13.1. The zero-order valence-electron chi connectivity index (χ0n) is 19.5. The molecule has 0 aliphatic rings. The van der Waals surface area contributed by atoms with E-state index in [2.05, 4.69) is 17.9 Å². The van der Waals surface area contributed by atoms with Gasteiger partial charge in [0.25, 0.3) is 0 Å². The van der Waals surface area contributed by atoms with Gasteiger partial charge in [0.05, 0.1) is 6.61 Å². The molecule has 4 aromatic rings. The minimum Gasteiger partial charge on any atom is -0.463 e. The van der Waals surface area contributed by atoms with Crippen molar-refractivity contribution >= 4 is 33.9 Å². The number of carbonyl (C=O) groups excluding carboxylic acids is 2. The fraction of sp³-hybridized carbons (Fsp3) is 0.143. The third-order valence-electron chi connectivity index (χ3n) is 5.46. The Morgan fingerprint density at radius 2 is 1.57 bits per heavy atom. The number of hydrogen-bond donors (Lipinski definition) is 0. The molecule has 0 radical (unpaired) electrons. The van der Waals surface area contributed by atoms with Crippen LogP contribution in [-0.2, 0) is 20.7 Å². The van der Waals surface area contributed by atoms with Crippen molar-refractivity contribution in [2.24, 2.45) is 0 Å². The maximum Gasteiger partial charge on any atom is 0.573 e. The van der Waals surface area contributed by atoms with Gasteiger partial charge in [-0.25, -0.2) is 9.59 Å². The summed E-state index contributed by atoms with van der Waals surface area (Å²) in [6.45, 7) is 6.89. The molecule has 6 nitrogen and oxygen atoms in total. The van der Waals surface area contributed by atoms with Gasteiger partial charge < -0.3 is 18.6 Å². The van der Waals surface area contributed by atoms with Gasteiger partial charge in [-0.3, -0.25) is 0 Å². The van der Waals surface area contributed by atoms with E-state index in [4.69, 9.17) is 13.9 Å². The summed E-state index contributed by atoms with van der Waals surface area (Å²) in [7, 11) is 0. The summed E-state index contributed by atoms with van der Waals surface area (Å²) in [6.07, 6.45) is -1.71. The Labute approximate surface area is 209 Å². The summed E-state index contributed by atoms with van der Waals surface area (Å²) in [4.78, 5) is 22.7. The second-order valence-electron chi connectivity index (χ2n) is 7.93. The number of aryl methyl sites for hydroxylation is 1. The second-order valence-corrected chi connectivity index (χ2v) is 7.93. The van der Waals surface area contributed by atoms with Gasteiger partial charge in [-0.1, -0.05) is 43.5 Å². The van der Waals surface area contributed by atoms with Crippen LogP contribution in [0.1, 0.15) is 12.0 Å². The number of rotatable bonds is 9. The molecule has 0 aliphatic heterocycles. The van der Waals surface area contributed by atoms with E-state index in [0.717, 1.165) is 28.8 Å². The largest absolute Gasteiger partial charge is 0.573 e. The molecule has 4 rings (SSSR count). The van der Waals surface area contributed by atoms with E-state index in [9.17, 15) is 22.8 Å². The first kappa shape index (κ1) is 25.6. The molecule has 1 aromatic heterocycles. The van der Waals surface area contributed by atoms with Crippen LogP contribution < -0.4 is 9.47 Å². The van der Waals surface area contributed by atoms with Crippen molar-refractivity contribution in [1.29, 1.82) is 0 Å². The number of alkyl halides is 3. The van der Waals surface area contributed by atoms with Gasteiger partial charge in [-0.15, -0.1) is 13.2 Å². The van der Waals surface area contributed by atoms with Crippen LogP contribution >= 0.6 is 0 Å². The lowest BCUT2D eigenvalue weighted by Gasteiger charge is -2.12. The van der Waals surface area contributed by atoms with E-state index in [0.29, 0.717) is 35.8 Å². The van der Waals surface area contributed by atoms with Crippen LogP contribution in [-0.4, -0.2) is 24.9 Å². The minimum atomic E-state index is -5.04. The molecular weight excluding hydrogens is 489 g/mol. The van der Waals surface area contributed by atoms with Gasteiger partial charge in [0, 0.05) is 22.9 Å². The van der Waals surface area contributed by atoms with Crippen molar-refractivity contribution in [3.8, 4) is 22.6 Å².